The van der Waals surface area contributed by atoms with Gasteiger partial charge in [-0.1, -0.05) is 0 Å². The molecule has 0 amide bonds. The van der Waals surface area contributed by atoms with Gasteiger partial charge in [0, 0.05) is 23.7 Å². The third kappa shape index (κ3) is 2.29. The van der Waals surface area contributed by atoms with E-state index >= 15 is 0 Å². The second kappa shape index (κ2) is 5.14. The maximum absolute atomic E-state index is 4.37. The van der Waals surface area contributed by atoms with Crippen LogP contribution in [0.3, 0.4) is 0 Å². The zero-order chi connectivity index (χ0) is 12.4. The van der Waals surface area contributed by atoms with Crippen LogP contribution in [0.5, 0.6) is 0 Å². The van der Waals surface area contributed by atoms with Gasteiger partial charge < -0.3 is 5.32 Å². The summed E-state index contributed by atoms with van der Waals surface area (Å²) in [6.45, 7) is 0. The van der Waals surface area contributed by atoms with E-state index in [4.69, 9.17) is 0 Å². The molecule has 0 bridgehead atoms. The highest BCUT2D eigenvalue weighted by Crippen LogP contribution is 2.28. The highest BCUT2D eigenvalue weighted by atomic mass is 32.2. The molecule has 96 valence electrons. The van der Waals surface area contributed by atoms with Gasteiger partial charge in [0.05, 0.1) is 0 Å². The van der Waals surface area contributed by atoms with Crippen LogP contribution in [0.2, 0.25) is 0 Å². The van der Waals surface area contributed by atoms with Gasteiger partial charge in [-0.3, -0.25) is 4.40 Å². The number of rotatable bonds is 3. The van der Waals surface area contributed by atoms with Crippen LogP contribution in [0.4, 0.5) is 5.82 Å². The lowest BCUT2D eigenvalue weighted by Gasteiger charge is -2.28. The summed E-state index contributed by atoms with van der Waals surface area (Å²) in [6, 6.07) is 0.517. The summed E-state index contributed by atoms with van der Waals surface area (Å²) in [5.74, 6) is 0.850. The van der Waals surface area contributed by atoms with Crippen LogP contribution in [-0.4, -0.2) is 37.1 Å². The minimum Gasteiger partial charge on any atom is -0.364 e. The summed E-state index contributed by atoms with van der Waals surface area (Å²) in [5.41, 5.74) is 0.810. The number of thioether (sulfide) groups is 1. The monoisotopic (exact) mass is 263 g/mol. The van der Waals surface area contributed by atoms with Crippen LogP contribution >= 0.6 is 11.8 Å². The van der Waals surface area contributed by atoms with Crippen LogP contribution in [0.15, 0.2) is 18.7 Å². The Kier molecular flexibility index (Phi) is 3.36. The third-order valence-electron chi connectivity index (χ3n) is 3.56. The molecule has 0 spiro atoms. The molecule has 1 saturated carbocycles. The molecule has 5 nitrogen and oxygen atoms in total. The first-order valence-corrected chi connectivity index (χ1v) is 7.59. The van der Waals surface area contributed by atoms with Crippen LogP contribution in [-0.2, 0) is 0 Å². The Morgan fingerprint density at radius 1 is 1.33 bits per heavy atom. The molecule has 0 unspecified atom stereocenters. The molecule has 1 N–H and O–H groups in total. The fourth-order valence-corrected chi connectivity index (χ4v) is 3.24. The minimum absolute atomic E-state index is 0.517. The summed E-state index contributed by atoms with van der Waals surface area (Å²) >= 11 is 1.99. The first-order valence-electron chi connectivity index (χ1n) is 6.30. The van der Waals surface area contributed by atoms with E-state index < -0.39 is 0 Å². The lowest BCUT2D eigenvalue weighted by atomic mass is 9.95. The summed E-state index contributed by atoms with van der Waals surface area (Å²) < 4.78 is 1.89. The van der Waals surface area contributed by atoms with Gasteiger partial charge >= 0.3 is 0 Å². The Labute approximate surface area is 110 Å². The fourth-order valence-electron chi connectivity index (χ4n) is 2.50. The summed E-state index contributed by atoms with van der Waals surface area (Å²) in [6.07, 6.45) is 12.6. The number of nitrogens with zero attached hydrogens (tertiary/aromatic N) is 4. The molecule has 0 saturated heterocycles. The van der Waals surface area contributed by atoms with Crippen molar-refractivity contribution in [3.63, 3.8) is 0 Å². The van der Waals surface area contributed by atoms with Crippen molar-refractivity contribution < 1.29 is 0 Å². The van der Waals surface area contributed by atoms with Crippen molar-refractivity contribution in [1.29, 1.82) is 0 Å². The molecule has 2 heterocycles. The molecule has 2 aromatic rings. The number of nitrogens with one attached hydrogen (secondary N) is 1. The van der Waals surface area contributed by atoms with E-state index in [2.05, 4.69) is 26.8 Å². The Hall–Kier alpha value is -1.30. The number of fused-ring (bicyclic) bond motifs is 1. The van der Waals surface area contributed by atoms with Crippen molar-refractivity contribution in [1.82, 2.24) is 19.6 Å². The van der Waals surface area contributed by atoms with E-state index in [1.807, 2.05) is 22.4 Å². The smallest absolute Gasteiger partial charge is 0.203 e. The molecule has 1 fully saturated rings. The van der Waals surface area contributed by atoms with E-state index in [0.717, 1.165) is 16.7 Å². The van der Waals surface area contributed by atoms with E-state index in [-0.39, 0.29) is 0 Å². The normalized spacial score (nSPS) is 24.3. The van der Waals surface area contributed by atoms with Gasteiger partial charge in [-0.25, -0.2) is 4.98 Å². The highest BCUT2D eigenvalue weighted by molar-refractivity contribution is 7.99. The number of hydrogen-bond acceptors (Lipinski definition) is 5. The zero-order valence-electron chi connectivity index (χ0n) is 10.4. The average Bonchev–Trinajstić information content (AvgIpc) is 2.89. The molecule has 1 aliphatic rings. The number of hydrogen-bond donors (Lipinski definition) is 1. The molecular formula is C12H17N5S. The van der Waals surface area contributed by atoms with E-state index in [1.54, 1.807) is 12.5 Å². The van der Waals surface area contributed by atoms with E-state index in [0.29, 0.717) is 6.04 Å². The van der Waals surface area contributed by atoms with Gasteiger partial charge in [0.25, 0.3) is 0 Å². The molecule has 3 rings (SSSR count). The van der Waals surface area contributed by atoms with Gasteiger partial charge in [-0.2, -0.15) is 11.8 Å². The Balaban J connectivity index is 1.71. The Morgan fingerprint density at radius 3 is 2.94 bits per heavy atom. The van der Waals surface area contributed by atoms with Crippen molar-refractivity contribution in [2.45, 2.75) is 37.0 Å². The molecule has 6 heteroatoms. The lowest BCUT2D eigenvalue weighted by Crippen LogP contribution is -2.27. The number of aromatic nitrogens is 4. The predicted octanol–water partition coefficient (Wildman–Crippen LogP) is 2.21. The molecule has 2 aromatic heterocycles. The van der Waals surface area contributed by atoms with E-state index in [9.17, 15) is 0 Å². The summed E-state index contributed by atoms with van der Waals surface area (Å²) in [4.78, 5) is 4.37. The van der Waals surface area contributed by atoms with Crippen molar-refractivity contribution >= 4 is 23.2 Å². The van der Waals surface area contributed by atoms with Crippen LogP contribution in [0.25, 0.3) is 5.65 Å². The highest BCUT2D eigenvalue weighted by Gasteiger charge is 2.21. The second-order valence-corrected chi connectivity index (χ2v) is 5.83. The van der Waals surface area contributed by atoms with Gasteiger partial charge in [-0.15, -0.1) is 10.2 Å². The second-order valence-electron chi connectivity index (χ2n) is 4.69. The van der Waals surface area contributed by atoms with Crippen LogP contribution < -0.4 is 5.32 Å². The van der Waals surface area contributed by atoms with Gasteiger partial charge in [-0.05, 0) is 31.9 Å². The Bertz CT molecular complexity index is 518. The van der Waals surface area contributed by atoms with Crippen LogP contribution in [0.1, 0.15) is 25.7 Å². The maximum Gasteiger partial charge on any atom is 0.203 e. The SMILES string of the molecule is CSC1CCC(Nc2nccn3cnnc23)CC1. The lowest BCUT2D eigenvalue weighted by molar-refractivity contribution is 0.472. The fraction of sp³-hybridized carbons (Fsp3) is 0.583. The van der Waals surface area contributed by atoms with Crippen molar-refractivity contribution in [2.24, 2.45) is 0 Å². The minimum atomic E-state index is 0.517. The largest absolute Gasteiger partial charge is 0.364 e. The van der Waals surface area contributed by atoms with Crippen LogP contribution in [0, 0.1) is 0 Å². The van der Waals surface area contributed by atoms with Gasteiger partial charge in [0.1, 0.15) is 6.33 Å². The van der Waals surface area contributed by atoms with Crippen molar-refractivity contribution in [3.05, 3.63) is 18.7 Å². The summed E-state index contributed by atoms with van der Waals surface area (Å²) in [7, 11) is 0. The van der Waals surface area contributed by atoms with Crippen molar-refractivity contribution in [2.75, 3.05) is 11.6 Å². The quantitative estimate of drug-likeness (QED) is 0.920. The molecule has 18 heavy (non-hydrogen) atoms. The molecular weight excluding hydrogens is 246 g/mol. The first-order chi connectivity index (χ1) is 8.86. The maximum atomic E-state index is 4.37. The number of anilines is 1. The molecule has 0 atom stereocenters. The summed E-state index contributed by atoms with van der Waals surface area (Å²) in [5, 5.41) is 12.4. The molecule has 0 radical (unpaired) electrons. The predicted molar refractivity (Wildman–Crippen MR) is 74.0 cm³/mol. The molecule has 0 aromatic carbocycles. The standard InChI is InChI=1S/C12H17N5S/c1-18-10-4-2-9(3-5-10)15-11-12-16-14-8-17(12)7-6-13-11/h6-10H,2-5H2,1H3,(H,13,15). The van der Waals surface area contributed by atoms with Gasteiger partial charge in [0.15, 0.2) is 5.82 Å². The first kappa shape index (κ1) is 11.8. The molecule has 1 aliphatic carbocycles. The zero-order valence-corrected chi connectivity index (χ0v) is 11.2. The Morgan fingerprint density at radius 2 is 2.17 bits per heavy atom. The van der Waals surface area contributed by atoms with E-state index in [1.165, 1.54) is 25.7 Å². The van der Waals surface area contributed by atoms with Gasteiger partial charge in [0.2, 0.25) is 5.65 Å². The third-order valence-corrected chi connectivity index (χ3v) is 4.70. The van der Waals surface area contributed by atoms with Crippen molar-refractivity contribution in [3.8, 4) is 0 Å². The molecule has 0 aliphatic heterocycles. The topological polar surface area (TPSA) is 55.1 Å². The average molecular weight is 263 g/mol.